The fraction of sp³-hybridized carbons (Fsp3) is 0.500. The van der Waals surface area contributed by atoms with E-state index in [0.717, 1.165) is 18.9 Å². The van der Waals surface area contributed by atoms with Crippen LogP contribution in [0.5, 0.6) is 0 Å². The molecule has 1 N–H and O–H groups in total. The second-order valence-corrected chi connectivity index (χ2v) is 4.44. The van der Waals surface area contributed by atoms with Gasteiger partial charge in [-0.3, -0.25) is 10.1 Å². The van der Waals surface area contributed by atoms with Crippen LogP contribution in [0.2, 0.25) is 0 Å². The normalized spacial score (nSPS) is 22.6. The van der Waals surface area contributed by atoms with Crippen LogP contribution in [-0.2, 0) is 11.3 Å². The monoisotopic (exact) mass is 254 g/mol. The molecule has 0 bridgehead atoms. The van der Waals surface area contributed by atoms with E-state index in [2.05, 4.69) is 5.32 Å². The highest BCUT2D eigenvalue weighted by atomic mass is 19.1. The largest absolute Gasteiger partial charge is 0.381 e. The lowest BCUT2D eigenvalue weighted by atomic mass is 9.89. The van der Waals surface area contributed by atoms with Crippen molar-refractivity contribution < 1.29 is 14.1 Å². The molecule has 2 rings (SSSR count). The molecule has 6 heteroatoms. The van der Waals surface area contributed by atoms with Crippen molar-refractivity contribution in [2.75, 3.05) is 7.11 Å². The van der Waals surface area contributed by atoms with Gasteiger partial charge in [0.25, 0.3) is 5.69 Å². The summed E-state index contributed by atoms with van der Waals surface area (Å²) in [5, 5.41) is 14.0. The van der Waals surface area contributed by atoms with E-state index in [0.29, 0.717) is 12.1 Å². The molecule has 0 heterocycles. The van der Waals surface area contributed by atoms with Crippen molar-refractivity contribution >= 4 is 5.69 Å². The minimum Gasteiger partial charge on any atom is -0.381 e. The zero-order valence-electron chi connectivity index (χ0n) is 10.1. The van der Waals surface area contributed by atoms with Gasteiger partial charge >= 0.3 is 0 Å². The number of ether oxygens (including phenoxy) is 1. The predicted octanol–water partition coefficient (Wildman–Crippen LogP) is 2.00. The standard InChI is InChI=1S/C12H15FN2O3/c1-18-11-5-10(6-11)14-7-8-4-9(13)2-3-12(8)15(16)17/h2-4,10-11,14H,5-7H2,1H3. The number of hydrogen-bond acceptors (Lipinski definition) is 4. The third-order valence-corrected chi connectivity index (χ3v) is 3.25. The number of nitrogens with zero attached hydrogens (tertiary/aromatic N) is 1. The van der Waals surface area contributed by atoms with Gasteiger partial charge in [-0.05, 0) is 25.0 Å². The number of benzene rings is 1. The van der Waals surface area contributed by atoms with E-state index in [1.807, 2.05) is 0 Å². The van der Waals surface area contributed by atoms with E-state index in [1.165, 1.54) is 12.1 Å². The quantitative estimate of drug-likeness (QED) is 0.644. The van der Waals surface area contributed by atoms with Gasteiger partial charge in [-0.15, -0.1) is 0 Å². The molecule has 0 amide bonds. The first kappa shape index (κ1) is 12.9. The van der Waals surface area contributed by atoms with Crippen LogP contribution in [0.1, 0.15) is 18.4 Å². The average molecular weight is 254 g/mol. The van der Waals surface area contributed by atoms with Crippen LogP contribution in [0.15, 0.2) is 18.2 Å². The van der Waals surface area contributed by atoms with E-state index in [9.17, 15) is 14.5 Å². The van der Waals surface area contributed by atoms with E-state index in [1.54, 1.807) is 7.11 Å². The van der Waals surface area contributed by atoms with E-state index >= 15 is 0 Å². The molecule has 5 nitrogen and oxygen atoms in total. The Morgan fingerprint density at radius 3 is 2.89 bits per heavy atom. The fourth-order valence-corrected chi connectivity index (χ4v) is 2.05. The maximum Gasteiger partial charge on any atom is 0.274 e. The van der Waals surface area contributed by atoms with Crippen LogP contribution >= 0.6 is 0 Å². The van der Waals surface area contributed by atoms with Crippen LogP contribution in [0.3, 0.4) is 0 Å². The van der Waals surface area contributed by atoms with Crippen LogP contribution < -0.4 is 5.32 Å². The number of hydrogen-bond donors (Lipinski definition) is 1. The van der Waals surface area contributed by atoms with E-state index in [-0.39, 0.29) is 17.8 Å². The van der Waals surface area contributed by atoms with Crippen molar-refractivity contribution in [3.8, 4) is 0 Å². The number of halogens is 1. The molecule has 0 aromatic heterocycles. The van der Waals surface area contributed by atoms with Crippen LogP contribution in [0, 0.1) is 15.9 Å². The molecule has 1 aliphatic rings. The summed E-state index contributed by atoms with van der Waals surface area (Å²) >= 11 is 0. The predicted molar refractivity (Wildman–Crippen MR) is 63.7 cm³/mol. The zero-order valence-corrected chi connectivity index (χ0v) is 10.1. The van der Waals surface area contributed by atoms with Gasteiger partial charge in [0.15, 0.2) is 0 Å². The first-order valence-electron chi connectivity index (χ1n) is 5.79. The maximum absolute atomic E-state index is 13.1. The highest BCUT2D eigenvalue weighted by Gasteiger charge is 2.28. The molecule has 1 fully saturated rings. The van der Waals surface area contributed by atoms with Gasteiger partial charge in [-0.25, -0.2) is 4.39 Å². The molecule has 0 radical (unpaired) electrons. The Morgan fingerprint density at radius 1 is 1.56 bits per heavy atom. The van der Waals surface area contributed by atoms with Crippen molar-refractivity contribution in [3.63, 3.8) is 0 Å². The smallest absolute Gasteiger partial charge is 0.274 e. The average Bonchev–Trinajstić information content (AvgIpc) is 2.27. The van der Waals surface area contributed by atoms with E-state index < -0.39 is 10.7 Å². The van der Waals surface area contributed by atoms with Crippen molar-refractivity contribution in [1.82, 2.24) is 5.32 Å². The molecule has 18 heavy (non-hydrogen) atoms. The second-order valence-electron chi connectivity index (χ2n) is 4.44. The second kappa shape index (κ2) is 5.41. The molecule has 0 saturated heterocycles. The third kappa shape index (κ3) is 2.83. The SMILES string of the molecule is COC1CC(NCc2cc(F)ccc2[N+](=O)[O-])C1. The van der Waals surface area contributed by atoms with Gasteiger partial charge < -0.3 is 10.1 Å². The number of methoxy groups -OCH3 is 1. The summed E-state index contributed by atoms with van der Waals surface area (Å²) < 4.78 is 18.2. The van der Waals surface area contributed by atoms with Crippen LogP contribution in [-0.4, -0.2) is 24.2 Å². The lowest BCUT2D eigenvalue weighted by Gasteiger charge is -2.34. The summed E-state index contributed by atoms with van der Waals surface area (Å²) in [5.41, 5.74) is 0.326. The Morgan fingerprint density at radius 2 is 2.28 bits per heavy atom. The van der Waals surface area contributed by atoms with Gasteiger partial charge in [0.05, 0.1) is 11.0 Å². The highest BCUT2D eigenvalue weighted by Crippen LogP contribution is 2.24. The van der Waals surface area contributed by atoms with Gasteiger partial charge in [0.2, 0.25) is 0 Å². The van der Waals surface area contributed by atoms with Crippen molar-refractivity contribution in [3.05, 3.63) is 39.7 Å². The molecule has 1 saturated carbocycles. The molecular formula is C12H15FN2O3. The van der Waals surface area contributed by atoms with Gasteiger partial charge in [-0.2, -0.15) is 0 Å². The van der Waals surface area contributed by atoms with Crippen LogP contribution in [0.4, 0.5) is 10.1 Å². The molecular weight excluding hydrogens is 239 g/mol. The summed E-state index contributed by atoms with van der Waals surface area (Å²) in [6.45, 7) is 0.301. The molecule has 1 aliphatic carbocycles. The maximum atomic E-state index is 13.1. The summed E-state index contributed by atoms with van der Waals surface area (Å²) in [6.07, 6.45) is 2.05. The highest BCUT2D eigenvalue weighted by molar-refractivity contribution is 5.40. The third-order valence-electron chi connectivity index (χ3n) is 3.25. The summed E-state index contributed by atoms with van der Waals surface area (Å²) in [6, 6.07) is 3.80. The Balaban J connectivity index is 1.96. The molecule has 0 unspecified atom stereocenters. The first-order chi connectivity index (χ1) is 8.60. The molecule has 0 atom stereocenters. The van der Waals surface area contributed by atoms with Gasteiger partial charge in [-0.1, -0.05) is 0 Å². The van der Waals surface area contributed by atoms with E-state index in [4.69, 9.17) is 4.74 Å². The lowest BCUT2D eigenvalue weighted by Crippen LogP contribution is -2.44. The van der Waals surface area contributed by atoms with Gasteiger partial charge in [0, 0.05) is 31.3 Å². The Bertz CT molecular complexity index is 447. The van der Waals surface area contributed by atoms with Crippen molar-refractivity contribution in [2.45, 2.75) is 31.5 Å². The number of nitro groups is 1. The minimum atomic E-state index is -0.491. The topological polar surface area (TPSA) is 64.4 Å². The Kier molecular flexibility index (Phi) is 3.88. The van der Waals surface area contributed by atoms with Gasteiger partial charge in [0.1, 0.15) is 5.82 Å². The summed E-state index contributed by atoms with van der Waals surface area (Å²) in [7, 11) is 1.66. The molecule has 98 valence electrons. The first-order valence-corrected chi connectivity index (χ1v) is 5.79. The van der Waals surface area contributed by atoms with Crippen molar-refractivity contribution in [2.24, 2.45) is 0 Å². The fourth-order valence-electron chi connectivity index (χ4n) is 2.05. The summed E-state index contributed by atoms with van der Waals surface area (Å²) in [5.74, 6) is -0.458. The number of nitrogens with one attached hydrogen (secondary N) is 1. The van der Waals surface area contributed by atoms with Crippen molar-refractivity contribution in [1.29, 1.82) is 0 Å². The summed E-state index contributed by atoms with van der Waals surface area (Å²) in [4.78, 5) is 10.3. The Labute approximate surface area is 104 Å². The Hall–Kier alpha value is -1.53. The number of rotatable bonds is 5. The van der Waals surface area contributed by atoms with Crippen LogP contribution in [0.25, 0.3) is 0 Å². The number of nitro benzene ring substituents is 1. The minimum absolute atomic E-state index is 0.0495. The molecule has 1 aromatic carbocycles. The molecule has 0 spiro atoms. The lowest BCUT2D eigenvalue weighted by molar-refractivity contribution is -0.385. The zero-order chi connectivity index (χ0) is 13.1. The molecule has 0 aliphatic heterocycles. The molecule has 1 aromatic rings.